The summed E-state index contributed by atoms with van der Waals surface area (Å²) in [5.74, 6) is 4.44. The molecule has 29 heavy (non-hydrogen) atoms. The lowest BCUT2D eigenvalue weighted by molar-refractivity contribution is -0.373. The van der Waals surface area contributed by atoms with Crippen LogP contribution in [0.25, 0.3) is 5.82 Å². The van der Waals surface area contributed by atoms with Gasteiger partial charge >= 0.3 is 5.82 Å². The number of halogens is 5. The Morgan fingerprint density at radius 1 is 1.07 bits per heavy atom. The van der Waals surface area contributed by atoms with E-state index in [1.807, 2.05) is 5.43 Å². The molecule has 0 atom stereocenters. The van der Waals surface area contributed by atoms with Crippen LogP contribution >= 0.6 is 66.7 Å². The second kappa shape index (κ2) is 9.03. The number of nitrogens with two attached hydrogens (primary N) is 1. The molecule has 0 fully saturated rings. The number of H-pyrrole nitrogens is 1. The van der Waals surface area contributed by atoms with Crippen molar-refractivity contribution in [1.29, 1.82) is 0 Å². The molecule has 12 heteroatoms. The molecule has 0 radical (unpaired) electrons. The summed E-state index contributed by atoms with van der Waals surface area (Å²) in [6, 6.07) is 7.91. The monoisotopic (exact) mass is 580 g/mol. The Labute approximate surface area is 196 Å². The summed E-state index contributed by atoms with van der Waals surface area (Å²) in [6.45, 7) is 0. The number of carbonyl (C=O) groups is 2. The van der Waals surface area contributed by atoms with Crippen molar-refractivity contribution in [2.24, 2.45) is 5.84 Å². The summed E-state index contributed by atoms with van der Waals surface area (Å²) in [4.78, 5) is 28.2. The van der Waals surface area contributed by atoms with Crippen molar-refractivity contribution in [2.45, 2.75) is 0 Å². The van der Waals surface area contributed by atoms with Gasteiger partial charge in [0.25, 0.3) is 11.8 Å². The van der Waals surface area contributed by atoms with Crippen LogP contribution in [0.4, 0.5) is 5.69 Å². The smallest absolute Gasteiger partial charge is 0.304 e. The minimum atomic E-state index is -0.590. The van der Waals surface area contributed by atoms with Crippen molar-refractivity contribution in [3.63, 3.8) is 0 Å². The van der Waals surface area contributed by atoms with Gasteiger partial charge in [-0.2, -0.15) is 4.57 Å². The van der Waals surface area contributed by atoms with E-state index in [1.54, 1.807) is 24.4 Å². The topological polar surface area (TPSA) is 103 Å². The van der Waals surface area contributed by atoms with E-state index in [0.29, 0.717) is 19.8 Å². The molecule has 0 unspecified atom stereocenters. The first-order valence-electron chi connectivity index (χ1n) is 7.79. The Morgan fingerprint density at radius 2 is 1.79 bits per heavy atom. The van der Waals surface area contributed by atoms with Crippen molar-refractivity contribution < 1.29 is 14.6 Å². The van der Waals surface area contributed by atoms with Crippen LogP contribution in [0.5, 0.6) is 0 Å². The Balaban J connectivity index is 2.10. The van der Waals surface area contributed by atoms with E-state index in [1.165, 1.54) is 16.7 Å². The second-order valence-electron chi connectivity index (χ2n) is 5.61. The van der Waals surface area contributed by atoms with Gasteiger partial charge in [0.2, 0.25) is 10.8 Å². The van der Waals surface area contributed by atoms with Crippen molar-refractivity contribution in [1.82, 2.24) is 9.99 Å². The Morgan fingerprint density at radius 3 is 2.45 bits per heavy atom. The molecule has 0 aliphatic heterocycles. The van der Waals surface area contributed by atoms with Crippen LogP contribution in [0.2, 0.25) is 15.2 Å². The van der Waals surface area contributed by atoms with E-state index in [9.17, 15) is 9.59 Å². The van der Waals surface area contributed by atoms with Gasteiger partial charge in [-0.05, 0) is 51.8 Å². The molecule has 3 rings (SSSR count). The molecular weight excluding hydrogens is 572 g/mol. The molecule has 0 aliphatic rings. The van der Waals surface area contributed by atoms with Crippen LogP contribution in [0, 0.1) is 0 Å². The largest absolute Gasteiger partial charge is 0.317 e. The predicted molar refractivity (Wildman–Crippen MR) is 119 cm³/mol. The number of carbonyl (C=O) groups excluding carboxylic acids is 2. The van der Waals surface area contributed by atoms with Crippen LogP contribution < -0.4 is 21.6 Å². The van der Waals surface area contributed by atoms with Gasteiger partial charge in [0.05, 0.1) is 17.4 Å². The third-order valence-electron chi connectivity index (χ3n) is 3.81. The zero-order valence-electron chi connectivity index (χ0n) is 14.2. The molecule has 2 amide bonds. The van der Waals surface area contributed by atoms with Crippen molar-refractivity contribution >= 4 is 84.2 Å². The van der Waals surface area contributed by atoms with Gasteiger partial charge in [-0.3, -0.25) is 15.0 Å². The summed E-state index contributed by atoms with van der Waals surface area (Å²) in [5, 5.41) is 3.26. The Hall–Kier alpha value is -1.62. The number of anilines is 1. The molecule has 7 nitrogen and oxygen atoms in total. The molecule has 0 bridgehead atoms. The van der Waals surface area contributed by atoms with Gasteiger partial charge < -0.3 is 5.32 Å². The minimum absolute atomic E-state index is 0.0935. The van der Waals surface area contributed by atoms with E-state index in [4.69, 9.17) is 40.6 Å². The fourth-order valence-electron chi connectivity index (χ4n) is 2.56. The summed E-state index contributed by atoms with van der Waals surface area (Å²) in [6.07, 6.45) is 1.63. The number of hydrazine groups is 1. The number of nitrogen functional groups attached to an aromatic ring is 1. The number of benzene rings is 1. The Bertz CT molecular complexity index is 1140. The lowest BCUT2D eigenvalue weighted by Crippen LogP contribution is -2.31. The number of nitrogens with zero attached hydrogens (tertiary/aromatic N) is 1. The molecule has 0 spiro atoms. The highest BCUT2D eigenvalue weighted by Crippen LogP contribution is 2.34. The molecule has 0 saturated heterocycles. The summed E-state index contributed by atoms with van der Waals surface area (Å²) in [7, 11) is 0. The van der Waals surface area contributed by atoms with Gasteiger partial charge in [0, 0.05) is 15.0 Å². The minimum Gasteiger partial charge on any atom is -0.317 e. The van der Waals surface area contributed by atoms with Crippen molar-refractivity contribution in [3.05, 3.63) is 71.9 Å². The highest BCUT2D eigenvalue weighted by Gasteiger charge is 2.29. The second-order valence-corrected chi connectivity index (χ2v) is 8.55. The fourth-order valence-corrected chi connectivity index (χ4v) is 4.51. The molecule has 2 aromatic heterocycles. The predicted octanol–water partition coefficient (Wildman–Crippen LogP) is 4.63. The van der Waals surface area contributed by atoms with Crippen LogP contribution in [-0.4, -0.2) is 16.4 Å². The number of aromatic amines is 1. The van der Waals surface area contributed by atoms with Crippen LogP contribution in [-0.2, 0) is 0 Å². The number of rotatable bonds is 4. The maximum absolute atomic E-state index is 13.1. The molecule has 150 valence electrons. The fraction of sp³-hybridized carbons (Fsp3) is 0. The number of hydrogen-bond acceptors (Lipinski definition) is 3. The molecule has 3 aromatic rings. The van der Waals surface area contributed by atoms with E-state index < -0.39 is 11.8 Å². The summed E-state index contributed by atoms with van der Waals surface area (Å²) >= 11 is 25.3. The zero-order valence-corrected chi connectivity index (χ0v) is 19.6. The quantitative estimate of drug-likeness (QED) is 0.237. The van der Waals surface area contributed by atoms with Gasteiger partial charge in [0.1, 0.15) is 10.0 Å². The molecule has 5 N–H and O–H groups in total. The Kier molecular flexibility index (Phi) is 6.87. The molecule has 1 aromatic carbocycles. The number of nitrogens with one attached hydrogen (secondary N) is 3. The lowest BCUT2D eigenvalue weighted by atomic mass is 10.1. The first-order valence-corrected chi connectivity index (χ1v) is 10.5. The number of aromatic nitrogens is 2. The SMILES string of the molecule is NNC(=O)c1cc(Br)cc(Br)c1NC(=O)c1cc(Cl)c(Cl)n1-c1[nH+]cccc1Cl. The third-order valence-corrected chi connectivity index (χ3v) is 5.95. The molecular formula is C17H11Br2Cl3N5O2+. The summed E-state index contributed by atoms with van der Waals surface area (Å²) in [5.41, 5.74) is 2.49. The van der Waals surface area contributed by atoms with E-state index in [2.05, 4.69) is 42.2 Å². The number of hydrogen-bond donors (Lipinski definition) is 3. The highest BCUT2D eigenvalue weighted by atomic mass is 79.9. The maximum Gasteiger partial charge on any atom is 0.304 e. The van der Waals surface area contributed by atoms with Crippen molar-refractivity contribution in [3.8, 4) is 5.82 Å². The van der Waals surface area contributed by atoms with Gasteiger partial charge in [0.15, 0.2) is 0 Å². The summed E-state index contributed by atoms with van der Waals surface area (Å²) < 4.78 is 2.44. The van der Waals surface area contributed by atoms with E-state index in [-0.39, 0.29) is 27.1 Å². The van der Waals surface area contributed by atoms with E-state index >= 15 is 0 Å². The molecule has 2 heterocycles. The third kappa shape index (κ3) is 4.45. The first kappa shape index (κ1) is 22.1. The van der Waals surface area contributed by atoms with Crippen LogP contribution in [0.3, 0.4) is 0 Å². The normalized spacial score (nSPS) is 10.7. The standard InChI is InChI=1S/C17H10Br2Cl3N5O2/c18-7-4-8(16(28)26-23)13(9(19)5-7)25-17(29)12-6-11(21)14(22)27(12)15-10(20)2-1-3-24-15/h1-6H,23H2,(H,25,29)(H,26,28)/p+1. The zero-order chi connectivity index (χ0) is 21.3. The maximum atomic E-state index is 13.1. The number of pyridine rings is 1. The number of amides is 2. The molecule has 0 saturated carbocycles. The van der Waals surface area contributed by atoms with Gasteiger partial charge in [-0.1, -0.05) is 39.1 Å². The average Bonchev–Trinajstić information content (AvgIpc) is 2.98. The van der Waals surface area contributed by atoms with Crippen LogP contribution in [0.1, 0.15) is 20.8 Å². The van der Waals surface area contributed by atoms with Crippen molar-refractivity contribution in [2.75, 3.05) is 5.32 Å². The lowest BCUT2D eigenvalue weighted by Gasteiger charge is -2.13. The van der Waals surface area contributed by atoms with Gasteiger partial charge in [-0.15, -0.1) is 0 Å². The average molecular weight is 583 g/mol. The van der Waals surface area contributed by atoms with E-state index in [0.717, 1.165) is 0 Å². The van der Waals surface area contributed by atoms with Gasteiger partial charge in [-0.25, -0.2) is 10.8 Å². The first-order chi connectivity index (χ1) is 13.7. The van der Waals surface area contributed by atoms with Crippen LogP contribution in [0.15, 0.2) is 45.5 Å². The highest BCUT2D eigenvalue weighted by molar-refractivity contribution is 9.11. The molecule has 0 aliphatic carbocycles.